The molecule has 1 amide bonds. The van der Waals surface area contributed by atoms with Crippen molar-refractivity contribution in [3.05, 3.63) is 48.3 Å². The molecule has 0 aliphatic rings. The van der Waals surface area contributed by atoms with Gasteiger partial charge in [-0.25, -0.2) is 4.98 Å². The third-order valence-corrected chi connectivity index (χ3v) is 4.41. The number of carbonyl (C=O) groups excluding carboxylic acids is 1. The summed E-state index contributed by atoms with van der Waals surface area (Å²) in [7, 11) is 1.93. The van der Waals surface area contributed by atoms with Crippen molar-refractivity contribution >= 4 is 17.7 Å². The van der Waals surface area contributed by atoms with E-state index in [1.165, 1.54) is 11.8 Å². The summed E-state index contributed by atoms with van der Waals surface area (Å²) in [6.07, 6.45) is 4.56. The zero-order valence-electron chi connectivity index (χ0n) is 13.3. The van der Waals surface area contributed by atoms with Crippen LogP contribution >= 0.6 is 11.8 Å². The van der Waals surface area contributed by atoms with Gasteiger partial charge in [-0.05, 0) is 17.9 Å². The van der Waals surface area contributed by atoms with Gasteiger partial charge in [0.2, 0.25) is 5.91 Å². The van der Waals surface area contributed by atoms with Crippen molar-refractivity contribution in [2.45, 2.75) is 31.5 Å². The number of imidazole rings is 1. The summed E-state index contributed by atoms with van der Waals surface area (Å²) in [5, 5.41) is 4.01. The number of nitrogens with zero attached hydrogens (tertiary/aromatic N) is 2. The van der Waals surface area contributed by atoms with E-state index in [1.54, 1.807) is 6.20 Å². The average molecular weight is 317 g/mol. The molecule has 1 heterocycles. The molecular weight excluding hydrogens is 294 g/mol. The Kier molecular flexibility index (Phi) is 6.07. The molecule has 0 saturated carbocycles. The van der Waals surface area contributed by atoms with Crippen LogP contribution in [0.25, 0.3) is 0 Å². The van der Waals surface area contributed by atoms with Crippen LogP contribution in [0.1, 0.15) is 31.9 Å². The van der Waals surface area contributed by atoms with Crippen LogP contribution in [0.4, 0.5) is 0 Å². The first kappa shape index (κ1) is 16.6. The fourth-order valence-corrected chi connectivity index (χ4v) is 3.04. The summed E-state index contributed by atoms with van der Waals surface area (Å²) >= 11 is 1.46. The van der Waals surface area contributed by atoms with E-state index < -0.39 is 0 Å². The molecule has 4 nitrogen and oxygen atoms in total. The molecule has 22 heavy (non-hydrogen) atoms. The van der Waals surface area contributed by atoms with Crippen LogP contribution in [0, 0.1) is 5.92 Å². The number of amides is 1. The number of benzene rings is 1. The number of aryl methyl sites for hydroxylation is 1. The lowest BCUT2D eigenvalue weighted by molar-refractivity contribution is -0.119. The highest BCUT2D eigenvalue weighted by Crippen LogP contribution is 2.22. The van der Waals surface area contributed by atoms with E-state index in [0.29, 0.717) is 11.7 Å². The Balaban J connectivity index is 1.95. The number of nitrogens with one attached hydrogen (secondary N) is 1. The maximum absolute atomic E-state index is 12.2. The SMILES string of the molecule is CC(C)CC(NC(=O)CSc1nccn1C)c1ccccc1. The second-order valence-corrected chi connectivity index (χ2v) is 6.71. The number of rotatable bonds is 7. The second-order valence-electron chi connectivity index (χ2n) is 5.77. The Bertz CT molecular complexity index is 595. The number of aromatic nitrogens is 2. The molecule has 0 spiro atoms. The van der Waals surface area contributed by atoms with Crippen LogP contribution in [-0.4, -0.2) is 21.2 Å². The van der Waals surface area contributed by atoms with Gasteiger partial charge in [0.25, 0.3) is 0 Å². The van der Waals surface area contributed by atoms with Crippen LogP contribution in [0.2, 0.25) is 0 Å². The number of hydrogen-bond acceptors (Lipinski definition) is 3. The third-order valence-electron chi connectivity index (χ3n) is 3.35. The molecule has 0 bridgehead atoms. The maximum Gasteiger partial charge on any atom is 0.230 e. The second kappa shape index (κ2) is 8.03. The van der Waals surface area contributed by atoms with Crippen LogP contribution in [0.3, 0.4) is 0 Å². The highest BCUT2D eigenvalue weighted by atomic mass is 32.2. The minimum atomic E-state index is 0.0440. The molecule has 1 aromatic carbocycles. The summed E-state index contributed by atoms with van der Waals surface area (Å²) in [5.41, 5.74) is 1.16. The quantitative estimate of drug-likeness (QED) is 0.796. The monoisotopic (exact) mass is 317 g/mol. The summed E-state index contributed by atoms with van der Waals surface area (Å²) in [6, 6.07) is 10.2. The van der Waals surface area contributed by atoms with Crippen molar-refractivity contribution in [2.75, 3.05) is 5.75 Å². The molecule has 1 N–H and O–H groups in total. The van der Waals surface area contributed by atoms with E-state index in [2.05, 4.69) is 36.3 Å². The van der Waals surface area contributed by atoms with Crippen LogP contribution in [0.5, 0.6) is 0 Å². The lowest BCUT2D eigenvalue weighted by Gasteiger charge is -2.21. The molecule has 2 aromatic rings. The minimum Gasteiger partial charge on any atom is -0.349 e. The Morgan fingerprint density at radius 2 is 2.05 bits per heavy atom. The van der Waals surface area contributed by atoms with Crippen molar-refractivity contribution in [3.63, 3.8) is 0 Å². The lowest BCUT2D eigenvalue weighted by atomic mass is 9.97. The highest BCUT2D eigenvalue weighted by molar-refractivity contribution is 7.99. The first-order chi connectivity index (χ1) is 10.6. The lowest BCUT2D eigenvalue weighted by Crippen LogP contribution is -2.31. The van der Waals surface area contributed by atoms with Crippen LogP contribution < -0.4 is 5.32 Å². The molecule has 0 radical (unpaired) electrons. The van der Waals surface area contributed by atoms with Gasteiger partial charge in [0.1, 0.15) is 0 Å². The molecule has 1 unspecified atom stereocenters. The van der Waals surface area contributed by atoms with E-state index >= 15 is 0 Å². The largest absolute Gasteiger partial charge is 0.349 e. The molecule has 1 aromatic heterocycles. The fraction of sp³-hybridized carbons (Fsp3) is 0.412. The van der Waals surface area contributed by atoms with Gasteiger partial charge < -0.3 is 9.88 Å². The van der Waals surface area contributed by atoms with E-state index in [0.717, 1.165) is 17.1 Å². The molecule has 118 valence electrons. The summed E-state index contributed by atoms with van der Waals surface area (Å²) in [4.78, 5) is 16.5. The zero-order valence-corrected chi connectivity index (χ0v) is 14.1. The van der Waals surface area contributed by atoms with Crippen molar-refractivity contribution in [3.8, 4) is 0 Å². The predicted octanol–water partition coefficient (Wildman–Crippen LogP) is 3.42. The van der Waals surface area contributed by atoms with Crippen LogP contribution in [-0.2, 0) is 11.8 Å². The highest BCUT2D eigenvalue weighted by Gasteiger charge is 2.16. The van der Waals surface area contributed by atoms with Crippen molar-refractivity contribution in [2.24, 2.45) is 13.0 Å². The van der Waals surface area contributed by atoms with Gasteiger partial charge in [-0.15, -0.1) is 0 Å². The smallest absolute Gasteiger partial charge is 0.230 e. The number of carbonyl (C=O) groups is 1. The van der Waals surface area contributed by atoms with E-state index in [-0.39, 0.29) is 11.9 Å². The topological polar surface area (TPSA) is 46.9 Å². The molecule has 0 saturated heterocycles. The Morgan fingerprint density at radius 3 is 2.64 bits per heavy atom. The third kappa shape index (κ3) is 4.91. The predicted molar refractivity (Wildman–Crippen MR) is 90.7 cm³/mol. The summed E-state index contributed by atoms with van der Waals surface area (Å²) in [6.45, 7) is 4.34. The zero-order chi connectivity index (χ0) is 15.9. The van der Waals surface area contributed by atoms with E-state index in [1.807, 2.05) is 36.0 Å². The normalized spacial score (nSPS) is 12.4. The van der Waals surface area contributed by atoms with Crippen LogP contribution in [0.15, 0.2) is 47.9 Å². The molecule has 5 heteroatoms. The Labute approximate surface area is 136 Å². The number of hydrogen-bond donors (Lipinski definition) is 1. The fourth-order valence-electron chi connectivity index (χ4n) is 2.29. The van der Waals surface area contributed by atoms with Gasteiger partial charge in [0.05, 0.1) is 11.8 Å². The van der Waals surface area contributed by atoms with E-state index in [9.17, 15) is 4.79 Å². The minimum absolute atomic E-state index is 0.0440. The summed E-state index contributed by atoms with van der Waals surface area (Å²) < 4.78 is 1.92. The van der Waals surface area contributed by atoms with Gasteiger partial charge in [-0.3, -0.25) is 4.79 Å². The van der Waals surface area contributed by atoms with Gasteiger partial charge in [-0.2, -0.15) is 0 Å². The summed E-state index contributed by atoms with van der Waals surface area (Å²) in [5.74, 6) is 0.946. The average Bonchev–Trinajstić information content (AvgIpc) is 2.90. The molecule has 0 aliphatic carbocycles. The Morgan fingerprint density at radius 1 is 1.32 bits per heavy atom. The van der Waals surface area contributed by atoms with Gasteiger partial charge in [0, 0.05) is 19.4 Å². The molecule has 0 aliphatic heterocycles. The van der Waals surface area contributed by atoms with Crippen molar-refractivity contribution < 1.29 is 4.79 Å². The first-order valence-corrected chi connectivity index (χ1v) is 8.49. The molecule has 0 fully saturated rings. The molecule has 1 atom stereocenters. The van der Waals surface area contributed by atoms with Crippen molar-refractivity contribution in [1.29, 1.82) is 0 Å². The van der Waals surface area contributed by atoms with Gasteiger partial charge in [0.15, 0.2) is 5.16 Å². The standard InChI is InChI=1S/C17H23N3OS/c1-13(2)11-15(14-7-5-4-6-8-14)19-16(21)12-22-17-18-9-10-20(17)3/h4-10,13,15H,11-12H2,1-3H3,(H,19,21). The van der Waals surface area contributed by atoms with Gasteiger partial charge >= 0.3 is 0 Å². The molecular formula is C17H23N3OS. The van der Waals surface area contributed by atoms with E-state index in [4.69, 9.17) is 0 Å². The van der Waals surface area contributed by atoms with Gasteiger partial charge in [-0.1, -0.05) is 55.9 Å². The maximum atomic E-state index is 12.2. The Hall–Kier alpha value is -1.75. The van der Waals surface area contributed by atoms with Crippen molar-refractivity contribution in [1.82, 2.24) is 14.9 Å². The first-order valence-electron chi connectivity index (χ1n) is 7.50. The number of thioether (sulfide) groups is 1. The molecule has 2 rings (SSSR count).